The minimum atomic E-state index is 0. The molecule has 8 aliphatic carbocycles. The average molecular weight is 747 g/mol. The highest BCUT2D eigenvalue weighted by atomic mass is 16.3. The number of carbonyl (C=O) groups excluding carboxylic acids is 2. The molecule has 3 heteroatoms. The van der Waals surface area contributed by atoms with Crippen LogP contribution in [0.15, 0.2) is 47.6 Å². The number of aliphatic hydroxyl groups excluding tert-OH is 1. The van der Waals surface area contributed by atoms with Crippen molar-refractivity contribution in [1.29, 1.82) is 0 Å². The summed E-state index contributed by atoms with van der Waals surface area (Å²) in [6, 6.07) is 0. The van der Waals surface area contributed by atoms with Crippen molar-refractivity contribution >= 4 is 11.6 Å². The van der Waals surface area contributed by atoms with Crippen molar-refractivity contribution in [2.75, 3.05) is 6.61 Å². The van der Waals surface area contributed by atoms with Crippen molar-refractivity contribution in [3.63, 3.8) is 0 Å². The highest BCUT2D eigenvalue weighted by Crippen LogP contribution is 2.67. The molecule has 0 heterocycles. The molecule has 0 aliphatic heterocycles. The van der Waals surface area contributed by atoms with Crippen LogP contribution >= 0.6 is 0 Å². The van der Waals surface area contributed by atoms with Crippen molar-refractivity contribution in [2.24, 2.45) is 80.8 Å². The molecule has 0 saturated heterocycles. The SMILES string of the molecule is C.C.CC.CC.CC(CO)C1CCC2C3C=CC4=CC(=O)CCC4(C)C3CCC12C.CCC(C)C1CCC2C3C=CC4=CC(=O)CCC4(C)C3CCC12C. The highest BCUT2D eigenvalue weighted by Gasteiger charge is 2.60. The molecule has 0 aromatic rings. The molecule has 4 fully saturated rings. The van der Waals surface area contributed by atoms with Crippen LogP contribution in [0.25, 0.3) is 0 Å². The molecular weight excluding hydrogens is 661 g/mol. The molecule has 8 rings (SSSR count). The molecule has 0 amide bonds. The van der Waals surface area contributed by atoms with Gasteiger partial charge in [-0.25, -0.2) is 0 Å². The normalized spacial score (nSPS) is 43.2. The predicted octanol–water partition coefficient (Wildman–Crippen LogP) is 13.8. The van der Waals surface area contributed by atoms with Crippen LogP contribution in [-0.4, -0.2) is 23.3 Å². The first kappa shape index (κ1) is 46.6. The fourth-order valence-electron chi connectivity index (χ4n) is 14.4. The zero-order chi connectivity index (χ0) is 38.2. The molecule has 8 aliphatic rings. The van der Waals surface area contributed by atoms with Crippen LogP contribution in [0.2, 0.25) is 0 Å². The lowest BCUT2D eigenvalue weighted by Crippen LogP contribution is -2.49. The Morgan fingerprint density at radius 3 is 1.37 bits per heavy atom. The Bertz CT molecular complexity index is 1310. The lowest BCUT2D eigenvalue weighted by atomic mass is 9.48. The Hall–Kier alpha value is -1.74. The largest absolute Gasteiger partial charge is 0.396 e. The summed E-state index contributed by atoms with van der Waals surface area (Å²) in [6.07, 6.45) is 29.1. The molecule has 0 aromatic heterocycles. The van der Waals surface area contributed by atoms with Crippen molar-refractivity contribution in [3.05, 3.63) is 47.6 Å². The summed E-state index contributed by atoms with van der Waals surface area (Å²) in [5.41, 5.74) is 4.01. The number of rotatable bonds is 4. The summed E-state index contributed by atoms with van der Waals surface area (Å²) in [5.74, 6) is 7.99. The Kier molecular flexibility index (Phi) is 15.8. The zero-order valence-electron chi connectivity index (χ0n) is 35.4. The molecule has 0 bridgehead atoms. The van der Waals surface area contributed by atoms with E-state index in [0.717, 1.165) is 61.2 Å². The lowest BCUT2D eigenvalue weighted by molar-refractivity contribution is -0.117. The summed E-state index contributed by atoms with van der Waals surface area (Å²) in [5, 5.41) is 9.70. The Morgan fingerprint density at radius 2 is 1.00 bits per heavy atom. The number of allylic oxidation sites excluding steroid dienone is 8. The van der Waals surface area contributed by atoms with E-state index in [0.29, 0.717) is 52.7 Å². The van der Waals surface area contributed by atoms with Gasteiger partial charge in [0, 0.05) is 19.4 Å². The van der Waals surface area contributed by atoms with Gasteiger partial charge in [-0.3, -0.25) is 9.59 Å². The molecule has 54 heavy (non-hydrogen) atoms. The fraction of sp³-hybridized carbons (Fsp3) is 0.804. The highest BCUT2D eigenvalue weighted by molar-refractivity contribution is 5.92. The van der Waals surface area contributed by atoms with Crippen LogP contribution in [-0.2, 0) is 9.59 Å². The van der Waals surface area contributed by atoms with Gasteiger partial charge in [0.15, 0.2) is 11.6 Å². The van der Waals surface area contributed by atoms with Gasteiger partial charge in [-0.1, -0.05) is 122 Å². The number of aliphatic hydroxyl groups is 1. The Labute approximate surface area is 334 Å². The van der Waals surface area contributed by atoms with E-state index in [1.54, 1.807) is 0 Å². The average Bonchev–Trinajstić information content (AvgIpc) is 3.70. The summed E-state index contributed by atoms with van der Waals surface area (Å²) >= 11 is 0. The number of carbonyl (C=O) groups is 2. The Balaban J connectivity index is 0.000000257. The van der Waals surface area contributed by atoms with Crippen molar-refractivity contribution in [1.82, 2.24) is 0 Å². The van der Waals surface area contributed by atoms with Gasteiger partial charge >= 0.3 is 0 Å². The van der Waals surface area contributed by atoms with Crippen LogP contribution in [0.3, 0.4) is 0 Å². The second-order valence-electron chi connectivity index (χ2n) is 19.3. The first-order valence-corrected chi connectivity index (χ1v) is 22.3. The number of hydrogen-bond donors (Lipinski definition) is 1. The van der Waals surface area contributed by atoms with E-state index in [9.17, 15) is 14.7 Å². The van der Waals surface area contributed by atoms with Gasteiger partial charge in [0.05, 0.1) is 0 Å². The molecule has 308 valence electrons. The van der Waals surface area contributed by atoms with Crippen LogP contribution in [0.5, 0.6) is 0 Å². The number of hydrogen-bond acceptors (Lipinski definition) is 3. The van der Waals surface area contributed by atoms with E-state index in [4.69, 9.17) is 0 Å². The van der Waals surface area contributed by atoms with E-state index in [-0.39, 0.29) is 25.7 Å². The number of ketones is 2. The number of fused-ring (bicyclic) bond motifs is 10. The molecule has 1 N–H and O–H groups in total. The monoisotopic (exact) mass is 747 g/mol. The predicted molar refractivity (Wildman–Crippen MR) is 232 cm³/mol. The van der Waals surface area contributed by atoms with Crippen LogP contribution in [0.1, 0.15) is 174 Å². The lowest BCUT2D eigenvalue weighted by Gasteiger charge is -2.56. The van der Waals surface area contributed by atoms with Crippen molar-refractivity contribution < 1.29 is 14.7 Å². The van der Waals surface area contributed by atoms with Gasteiger partial charge in [0.25, 0.3) is 0 Å². The van der Waals surface area contributed by atoms with E-state index >= 15 is 0 Å². The second kappa shape index (κ2) is 18.2. The maximum absolute atomic E-state index is 11.9. The molecule has 14 atom stereocenters. The van der Waals surface area contributed by atoms with Crippen LogP contribution in [0, 0.1) is 80.8 Å². The van der Waals surface area contributed by atoms with Gasteiger partial charge in [0.2, 0.25) is 0 Å². The molecule has 0 aromatic carbocycles. The summed E-state index contributed by atoms with van der Waals surface area (Å²) in [4.78, 5) is 23.8. The van der Waals surface area contributed by atoms with E-state index < -0.39 is 0 Å². The van der Waals surface area contributed by atoms with E-state index in [2.05, 4.69) is 72.8 Å². The van der Waals surface area contributed by atoms with Gasteiger partial charge in [-0.2, -0.15) is 0 Å². The summed E-state index contributed by atoms with van der Waals surface area (Å²) < 4.78 is 0. The zero-order valence-corrected chi connectivity index (χ0v) is 35.4. The molecule has 3 nitrogen and oxygen atoms in total. The van der Waals surface area contributed by atoms with Crippen LogP contribution < -0.4 is 0 Å². The van der Waals surface area contributed by atoms with Gasteiger partial charge in [-0.15, -0.1) is 0 Å². The molecular formula is C51H86O3. The van der Waals surface area contributed by atoms with Crippen molar-refractivity contribution in [3.8, 4) is 0 Å². The third-order valence-corrected chi connectivity index (χ3v) is 17.5. The molecule has 0 radical (unpaired) electrons. The fourth-order valence-corrected chi connectivity index (χ4v) is 14.4. The third kappa shape index (κ3) is 7.65. The molecule has 0 spiro atoms. The maximum atomic E-state index is 11.9. The molecule has 14 unspecified atom stereocenters. The first-order chi connectivity index (χ1) is 24.8. The van der Waals surface area contributed by atoms with Gasteiger partial charge < -0.3 is 5.11 Å². The first-order valence-electron chi connectivity index (χ1n) is 22.3. The van der Waals surface area contributed by atoms with Crippen molar-refractivity contribution in [2.45, 2.75) is 174 Å². The standard InChI is InChI=1S/C23H34O.C22H32O2.2C2H6.2CH4/c1-5-15(2)19-8-9-20-18-7-6-16-14-17(24)10-12-22(16,3)21(18)11-13-23(19,20)4;1-14(13-23)18-6-7-19-17-5-4-15-12-16(24)8-10-21(15,2)20(17)9-11-22(18,19)3;2*1-2;;/h6-7,14-15,18-21H,5,8-13H2,1-4H3;4-5,12,14,17-20,23H,6-11,13H2,1-3H3;2*1-2H3;2*1H4. The minimum Gasteiger partial charge on any atom is -0.396 e. The van der Waals surface area contributed by atoms with Gasteiger partial charge in [0.1, 0.15) is 0 Å². The topological polar surface area (TPSA) is 54.4 Å². The van der Waals surface area contributed by atoms with E-state index in [1.807, 2.05) is 39.8 Å². The van der Waals surface area contributed by atoms with E-state index in [1.165, 1.54) is 68.9 Å². The third-order valence-electron chi connectivity index (χ3n) is 17.5. The maximum Gasteiger partial charge on any atom is 0.156 e. The second-order valence-corrected chi connectivity index (χ2v) is 19.3. The van der Waals surface area contributed by atoms with Crippen LogP contribution in [0.4, 0.5) is 0 Å². The molecule has 4 saturated carbocycles. The minimum absolute atomic E-state index is 0. The smallest absolute Gasteiger partial charge is 0.156 e. The quantitative estimate of drug-likeness (QED) is 0.312. The Morgan fingerprint density at radius 1 is 0.611 bits per heavy atom. The summed E-state index contributed by atoms with van der Waals surface area (Å²) in [6.45, 7) is 25.4. The van der Waals surface area contributed by atoms with Gasteiger partial charge in [-0.05, 0) is 168 Å². The summed E-state index contributed by atoms with van der Waals surface area (Å²) in [7, 11) is 0.